The van der Waals surface area contributed by atoms with E-state index in [1.165, 1.54) is 0 Å². The summed E-state index contributed by atoms with van der Waals surface area (Å²) in [6.07, 6.45) is 0.962. The normalized spacial score (nSPS) is 10.0. The Kier molecular flexibility index (Phi) is 3.08. The second-order valence-corrected chi connectivity index (χ2v) is 4.52. The summed E-state index contributed by atoms with van der Waals surface area (Å²) in [5, 5.41) is 9.72. The van der Waals surface area contributed by atoms with E-state index in [4.69, 9.17) is 0 Å². The quantitative estimate of drug-likeness (QED) is 0.771. The van der Waals surface area contributed by atoms with E-state index in [1.807, 2.05) is 0 Å². The Labute approximate surface area is 73.9 Å². The molecule has 5 heteroatoms. The highest BCUT2D eigenvalue weighted by Crippen LogP contribution is 2.16. The number of aryl methyl sites for hydroxylation is 1. The first-order valence-electron chi connectivity index (χ1n) is 2.37. The predicted molar refractivity (Wildman–Crippen MR) is 45.1 cm³/mol. The number of hydrogen-bond acceptors (Lipinski definition) is 3. The van der Waals surface area contributed by atoms with E-state index >= 15 is 0 Å². The number of rotatable bonds is 2. The van der Waals surface area contributed by atoms with Crippen molar-refractivity contribution < 1.29 is 0 Å². The Balaban J connectivity index is 2.61. The van der Waals surface area contributed by atoms with Gasteiger partial charge in [-0.2, -0.15) is 0 Å². The zero-order valence-electron chi connectivity index (χ0n) is 4.47. The van der Waals surface area contributed by atoms with Gasteiger partial charge in [0.2, 0.25) is 0 Å². The van der Waals surface area contributed by atoms with Crippen molar-refractivity contribution >= 4 is 43.2 Å². The molecule has 9 heavy (non-hydrogen) atoms. The van der Waals surface area contributed by atoms with Gasteiger partial charge in [-0.15, -0.1) is 10.2 Å². The average molecular weight is 272 g/mol. The lowest BCUT2D eigenvalue weighted by Gasteiger charge is -1.81. The standard InChI is InChI=1S/C4H4Br2N2S/c5-2-1-3-7-8-4(6)9-3/h1-2H2. The SMILES string of the molecule is BrCCc1nnc(Br)s1. The Bertz CT molecular complexity index is 188. The molecule has 0 bridgehead atoms. The van der Waals surface area contributed by atoms with Crippen LogP contribution in [-0.2, 0) is 6.42 Å². The molecule has 0 aliphatic carbocycles. The van der Waals surface area contributed by atoms with Gasteiger partial charge in [-0.3, -0.25) is 0 Å². The molecular formula is C4H4Br2N2S. The molecule has 0 amide bonds. The molecule has 0 radical (unpaired) electrons. The Morgan fingerprint density at radius 2 is 2.22 bits per heavy atom. The van der Waals surface area contributed by atoms with Crippen LogP contribution in [-0.4, -0.2) is 15.5 Å². The molecule has 0 unspecified atom stereocenters. The lowest BCUT2D eigenvalue weighted by molar-refractivity contribution is 0.983. The minimum atomic E-state index is 0.860. The van der Waals surface area contributed by atoms with Crippen LogP contribution >= 0.6 is 43.2 Å². The van der Waals surface area contributed by atoms with Crippen molar-refractivity contribution in [1.29, 1.82) is 0 Å². The minimum Gasteiger partial charge on any atom is -0.143 e. The molecule has 0 fully saturated rings. The van der Waals surface area contributed by atoms with Gasteiger partial charge in [-0.25, -0.2) is 0 Å². The lowest BCUT2D eigenvalue weighted by Crippen LogP contribution is -1.82. The Hall–Kier alpha value is 0.520. The van der Waals surface area contributed by atoms with Crippen LogP contribution < -0.4 is 0 Å². The summed E-state index contributed by atoms with van der Waals surface area (Å²) in [6.45, 7) is 0. The molecule has 0 saturated heterocycles. The molecule has 0 aliphatic rings. The van der Waals surface area contributed by atoms with E-state index in [0.717, 1.165) is 20.7 Å². The molecular weight excluding hydrogens is 268 g/mol. The van der Waals surface area contributed by atoms with Crippen molar-refractivity contribution in [3.63, 3.8) is 0 Å². The summed E-state index contributed by atoms with van der Waals surface area (Å²) >= 11 is 8.13. The van der Waals surface area contributed by atoms with Crippen molar-refractivity contribution in [1.82, 2.24) is 10.2 Å². The van der Waals surface area contributed by atoms with Gasteiger partial charge in [0.15, 0.2) is 3.92 Å². The molecule has 1 rings (SSSR count). The Morgan fingerprint density at radius 1 is 1.44 bits per heavy atom. The van der Waals surface area contributed by atoms with Crippen LogP contribution in [0, 0.1) is 0 Å². The predicted octanol–water partition coefficient (Wildman–Crippen LogP) is 2.24. The maximum Gasteiger partial charge on any atom is 0.183 e. The molecule has 0 aromatic carbocycles. The summed E-state index contributed by atoms with van der Waals surface area (Å²) in [5.74, 6) is 0. The van der Waals surface area contributed by atoms with Crippen molar-refractivity contribution in [2.75, 3.05) is 5.33 Å². The fraction of sp³-hybridized carbons (Fsp3) is 0.500. The summed E-state index contributed by atoms with van der Waals surface area (Å²) < 4.78 is 0.860. The number of hydrogen-bond donors (Lipinski definition) is 0. The van der Waals surface area contributed by atoms with Crippen LogP contribution in [0.2, 0.25) is 0 Å². The minimum absolute atomic E-state index is 0.860. The summed E-state index contributed by atoms with van der Waals surface area (Å²) in [6, 6.07) is 0. The second-order valence-electron chi connectivity index (χ2n) is 1.39. The van der Waals surface area contributed by atoms with Gasteiger partial charge >= 0.3 is 0 Å². The smallest absolute Gasteiger partial charge is 0.143 e. The molecule has 0 saturated carbocycles. The van der Waals surface area contributed by atoms with Gasteiger partial charge in [0.05, 0.1) is 0 Å². The van der Waals surface area contributed by atoms with Crippen LogP contribution in [0.25, 0.3) is 0 Å². The van der Waals surface area contributed by atoms with Crippen molar-refractivity contribution in [2.24, 2.45) is 0 Å². The van der Waals surface area contributed by atoms with Crippen LogP contribution in [0.3, 0.4) is 0 Å². The third-order valence-corrected chi connectivity index (χ3v) is 2.56. The fourth-order valence-corrected chi connectivity index (χ4v) is 2.25. The molecule has 0 spiro atoms. The van der Waals surface area contributed by atoms with Gasteiger partial charge in [-0.1, -0.05) is 27.3 Å². The summed E-state index contributed by atoms with van der Waals surface area (Å²) in [5.41, 5.74) is 0. The highest BCUT2D eigenvalue weighted by atomic mass is 79.9. The van der Waals surface area contributed by atoms with Crippen LogP contribution in [0.15, 0.2) is 3.92 Å². The Morgan fingerprint density at radius 3 is 2.67 bits per heavy atom. The van der Waals surface area contributed by atoms with E-state index in [1.54, 1.807) is 11.3 Å². The third-order valence-electron chi connectivity index (χ3n) is 0.751. The first-order valence-corrected chi connectivity index (χ1v) is 5.10. The maximum absolute atomic E-state index is 3.90. The van der Waals surface area contributed by atoms with Gasteiger partial charge in [0, 0.05) is 11.8 Å². The van der Waals surface area contributed by atoms with Crippen LogP contribution in [0.4, 0.5) is 0 Å². The number of alkyl halides is 1. The van der Waals surface area contributed by atoms with E-state index < -0.39 is 0 Å². The molecule has 2 nitrogen and oxygen atoms in total. The van der Waals surface area contributed by atoms with Gasteiger partial charge in [0.25, 0.3) is 0 Å². The second kappa shape index (κ2) is 3.63. The first kappa shape index (κ1) is 7.63. The maximum atomic E-state index is 3.90. The fourth-order valence-electron chi connectivity index (χ4n) is 0.415. The van der Waals surface area contributed by atoms with Crippen LogP contribution in [0.1, 0.15) is 5.01 Å². The highest BCUT2D eigenvalue weighted by molar-refractivity contribution is 9.11. The van der Waals surface area contributed by atoms with Crippen molar-refractivity contribution in [3.05, 3.63) is 8.92 Å². The molecule has 1 heterocycles. The van der Waals surface area contributed by atoms with Crippen molar-refractivity contribution in [2.45, 2.75) is 6.42 Å². The van der Waals surface area contributed by atoms with E-state index in [0.29, 0.717) is 0 Å². The molecule has 50 valence electrons. The van der Waals surface area contributed by atoms with E-state index in [9.17, 15) is 0 Å². The summed E-state index contributed by atoms with van der Waals surface area (Å²) in [4.78, 5) is 0. The molecule has 0 N–H and O–H groups in total. The third kappa shape index (κ3) is 2.31. The van der Waals surface area contributed by atoms with Crippen molar-refractivity contribution in [3.8, 4) is 0 Å². The van der Waals surface area contributed by atoms with Gasteiger partial charge in [0.1, 0.15) is 5.01 Å². The molecule has 1 aromatic rings. The number of nitrogens with zero attached hydrogens (tertiary/aromatic N) is 2. The monoisotopic (exact) mass is 270 g/mol. The summed E-state index contributed by atoms with van der Waals surface area (Å²) in [7, 11) is 0. The zero-order valence-corrected chi connectivity index (χ0v) is 8.46. The number of aromatic nitrogens is 2. The first-order chi connectivity index (χ1) is 4.33. The molecule has 1 aromatic heterocycles. The average Bonchev–Trinajstić information content (AvgIpc) is 2.17. The van der Waals surface area contributed by atoms with Crippen LogP contribution in [0.5, 0.6) is 0 Å². The highest BCUT2D eigenvalue weighted by Gasteiger charge is 1.97. The lowest BCUT2D eigenvalue weighted by atomic mass is 10.5. The van der Waals surface area contributed by atoms with Gasteiger partial charge in [-0.05, 0) is 15.9 Å². The zero-order chi connectivity index (χ0) is 6.69. The molecule has 0 aliphatic heterocycles. The van der Waals surface area contributed by atoms with Gasteiger partial charge < -0.3 is 0 Å². The number of halogens is 2. The van der Waals surface area contributed by atoms with E-state index in [2.05, 4.69) is 42.1 Å². The van der Waals surface area contributed by atoms with E-state index in [-0.39, 0.29) is 0 Å². The molecule has 0 atom stereocenters. The largest absolute Gasteiger partial charge is 0.183 e. The topological polar surface area (TPSA) is 25.8 Å².